The first-order valence-corrected chi connectivity index (χ1v) is 14.0. The topological polar surface area (TPSA) is 97.8 Å². The summed E-state index contributed by atoms with van der Waals surface area (Å²) >= 11 is 0. The lowest BCUT2D eigenvalue weighted by molar-refractivity contribution is -0.137. The maximum absolute atomic E-state index is 13.0. The monoisotopic (exact) mass is 559 g/mol. The zero-order valence-electron chi connectivity index (χ0n) is 22.3. The molecule has 0 radical (unpaired) electrons. The fourth-order valence-electron chi connectivity index (χ4n) is 6.60. The minimum Gasteiger partial charge on any atom is -0.378 e. The second kappa shape index (κ2) is 12.2. The van der Waals surface area contributed by atoms with Crippen molar-refractivity contribution in [1.82, 2.24) is 25.4 Å². The number of carbonyl (C=O) groups excluding carboxylic acids is 2. The summed E-state index contributed by atoms with van der Waals surface area (Å²) in [4.78, 5) is 34.1. The van der Waals surface area contributed by atoms with Gasteiger partial charge in [0.15, 0.2) is 0 Å². The number of hydrogen-bond donors (Lipinski definition) is 3. The van der Waals surface area contributed by atoms with Gasteiger partial charge in [-0.3, -0.25) is 24.8 Å². The second-order valence-electron chi connectivity index (χ2n) is 11.0. The van der Waals surface area contributed by atoms with Gasteiger partial charge in [0.1, 0.15) is 6.23 Å². The highest BCUT2D eigenvalue weighted by molar-refractivity contribution is 5.96. The molecule has 2 aromatic rings. The molecule has 3 aliphatic rings. The van der Waals surface area contributed by atoms with Crippen molar-refractivity contribution in [3.8, 4) is 0 Å². The minimum absolute atomic E-state index is 0.0917. The number of likely N-dealkylation sites (tertiary alicyclic amines) is 2. The third-order valence-corrected chi connectivity index (χ3v) is 8.51. The molecule has 2 saturated heterocycles. The molecule has 11 heteroatoms. The summed E-state index contributed by atoms with van der Waals surface area (Å²) in [6, 6.07) is 11.0. The van der Waals surface area contributed by atoms with Gasteiger partial charge in [-0.1, -0.05) is 12.1 Å². The number of nitrogens with one attached hydrogen (secondary N) is 2. The molecule has 1 unspecified atom stereocenters. The number of alkyl halides is 3. The number of aromatic nitrogens is 1. The van der Waals surface area contributed by atoms with Crippen molar-refractivity contribution in [3.63, 3.8) is 0 Å². The van der Waals surface area contributed by atoms with E-state index < -0.39 is 23.9 Å². The lowest BCUT2D eigenvalue weighted by atomic mass is 9.89. The number of rotatable bonds is 8. The number of fused-ring (bicyclic) bond motifs is 1. The van der Waals surface area contributed by atoms with Crippen LogP contribution in [0.4, 0.5) is 13.2 Å². The highest BCUT2D eigenvalue weighted by atomic mass is 19.4. The van der Waals surface area contributed by atoms with Gasteiger partial charge in [-0.05, 0) is 68.9 Å². The van der Waals surface area contributed by atoms with Gasteiger partial charge in [-0.2, -0.15) is 13.2 Å². The van der Waals surface area contributed by atoms with E-state index >= 15 is 0 Å². The Labute approximate surface area is 231 Å². The van der Waals surface area contributed by atoms with Gasteiger partial charge in [0.05, 0.1) is 12.1 Å². The molecule has 1 saturated carbocycles. The van der Waals surface area contributed by atoms with Crippen molar-refractivity contribution in [2.24, 2.45) is 0 Å². The normalized spacial score (nSPS) is 25.9. The molecule has 3 fully saturated rings. The Morgan fingerprint density at radius 3 is 2.50 bits per heavy atom. The van der Waals surface area contributed by atoms with Crippen molar-refractivity contribution >= 4 is 11.8 Å². The van der Waals surface area contributed by atoms with E-state index in [1.165, 1.54) is 12.1 Å². The molecule has 3 heterocycles. The second-order valence-corrected chi connectivity index (χ2v) is 11.0. The number of carbonyl (C=O) groups is 2. The van der Waals surface area contributed by atoms with Crippen LogP contribution in [-0.2, 0) is 17.4 Å². The van der Waals surface area contributed by atoms with Crippen LogP contribution >= 0.6 is 0 Å². The number of nitrogens with zero attached hydrogens (tertiary/aromatic N) is 3. The lowest BCUT2D eigenvalue weighted by Crippen LogP contribution is -2.48. The van der Waals surface area contributed by atoms with Gasteiger partial charge in [-0.25, -0.2) is 0 Å². The molecule has 3 atom stereocenters. The van der Waals surface area contributed by atoms with Crippen LogP contribution in [0.25, 0.3) is 0 Å². The predicted octanol–water partition coefficient (Wildman–Crippen LogP) is 2.97. The fraction of sp³-hybridized carbons (Fsp3) is 0.552. The number of hydrogen-bond acceptors (Lipinski definition) is 6. The van der Waals surface area contributed by atoms with Crippen LogP contribution in [0.15, 0.2) is 48.7 Å². The Balaban J connectivity index is 1.07. The number of aliphatic hydroxyl groups is 1. The van der Waals surface area contributed by atoms with Crippen molar-refractivity contribution in [2.45, 2.75) is 81.5 Å². The number of halogens is 3. The quantitative estimate of drug-likeness (QED) is 0.431. The molecular formula is C29H36F3N5O3. The molecular weight excluding hydrogens is 523 g/mol. The molecule has 2 aliphatic heterocycles. The molecule has 8 nitrogen and oxygen atoms in total. The number of benzene rings is 1. The van der Waals surface area contributed by atoms with Gasteiger partial charge in [0.25, 0.3) is 5.91 Å². The van der Waals surface area contributed by atoms with E-state index in [0.29, 0.717) is 19.0 Å². The van der Waals surface area contributed by atoms with E-state index in [1.807, 2.05) is 23.1 Å². The molecule has 2 amide bonds. The minimum atomic E-state index is -4.54. The molecule has 216 valence electrons. The summed E-state index contributed by atoms with van der Waals surface area (Å²) in [5, 5.41) is 16.3. The third-order valence-electron chi connectivity index (χ3n) is 8.51. The van der Waals surface area contributed by atoms with E-state index in [9.17, 15) is 27.9 Å². The maximum Gasteiger partial charge on any atom is 0.416 e. The Morgan fingerprint density at radius 2 is 1.77 bits per heavy atom. The van der Waals surface area contributed by atoms with Crippen LogP contribution in [0.2, 0.25) is 0 Å². The highest BCUT2D eigenvalue weighted by Crippen LogP contribution is 2.36. The summed E-state index contributed by atoms with van der Waals surface area (Å²) in [6.07, 6.45) is 2.78. The lowest BCUT2D eigenvalue weighted by Gasteiger charge is -2.38. The number of aliphatic hydroxyl groups excluding tert-OH is 1. The number of amides is 2. The smallest absolute Gasteiger partial charge is 0.378 e. The molecule has 40 heavy (non-hydrogen) atoms. The van der Waals surface area contributed by atoms with Gasteiger partial charge in [0, 0.05) is 61.1 Å². The zero-order chi connectivity index (χ0) is 28.3. The van der Waals surface area contributed by atoms with Crippen molar-refractivity contribution < 1.29 is 27.9 Å². The van der Waals surface area contributed by atoms with Crippen LogP contribution in [0.5, 0.6) is 0 Å². The van der Waals surface area contributed by atoms with Crippen molar-refractivity contribution in [3.05, 3.63) is 65.5 Å². The first-order valence-electron chi connectivity index (χ1n) is 14.0. The van der Waals surface area contributed by atoms with E-state index in [-0.39, 0.29) is 36.1 Å². The summed E-state index contributed by atoms with van der Waals surface area (Å²) in [5.74, 6) is -0.900. The molecule has 5 rings (SSSR count). The Bertz CT molecular complexity index is 1170. The van der Waals surface area contributed by atoms with Crippen LogP contribution in [0.3, 0.4) is 0 Å². The summed E-state index contributed by atoms with van der Waals surface area (Å²) < 4.78 is 38.9. The van der Waals surface area contributed by atoms with Crippen LogP contribution in [0.1, 0.15) is 60.1 Å². The van der Waals surface area contributed by atoms with Crippen molar-refractivity contribution in [2.75, 3.05) is 19.6 Å². The first-order chi connectivity index (χ1) is 19.2. The van der Waals surface area contributed by atoms with Crippen LogP contribution in [-0.4, -0.2) is 81.7 Å². The third kappa shape index (κ3) is 6.64. The zero-order valence-corrected chi connectivity index (χ0v) is 22.3. The van der Waals surface area contributed by atoms with E-state index in [4.69, 9.17) is 0 Å². The Hall–Kier alpha value is -3.02. The van der Waals surface area contributed by atoms with E-state index in [1.54, 1.807) is 6.20 Å². The van der Waals surface area contributed by atoms with Crippen LogP contribution < -0.4 is 10.6 Å². The van der Waals surface area contributed by atoms with E-state index in [0.717, 1.165) is 62.9 Å². The first kappa shape index (κ1) is 28.5. The molecule has 1 aromatic heterocycles. The van der Waals surface area contributed by atoms with Crippen LogP contribution in [0, 0.1) is 0 Å². The predicted molar refractivity (Wildman–Crippen MR) is 142 cm³/mol. The van der Waals surface area contributed by atoms with Gasteiger partial charge < -0.3 is 15.3 Å². The van der Waals surface area contributed by atoms with Gasteiger partial charge in [0.2, 0.25) is 5.91 Å². The standard InChI is InChI=1S/C29H36F3N5O3/c30-29(31,32)20-5-3-4-19(16-20)28(40)34-18-27(39)37-15-12-24-25(37)11-14-36(24)23-9-7-21(8-10-23)35-26(38)17-22-6-1-2-13-33-22/h1-6,13,16,21,23-26,35,38H,7-12,14-15,17-18H2,(H,34,40)/t21?,23?,24-,25-,26?/m0/s1. The summed E-state index contributed by atoms with van der Waals surface area (Å²) in [5.41, 5.74) is -0.163. The molecule has 1 aromatic carbocycles. The molecule has 1 aliphatic carbocycles. The Morgan fingerprint density at radius 1 is 1.00 bits per heavy atom. The van der Waals surface area contributed by atoms with Gasteiger partial charge in [-0.15, -0.1) is 0 Å². The highest BCUT2D eigenvalue weighted by Gasteiger charge is 2.46. The average molecular weight is 560 g/mol. The SMILES string of the molecule is O=C(NCC(=O)N1CC[C@H]2[C@@H]1CCN2C1CCC(NC(O)Cc2ccccn2)CC1)c1cccc(C(F)(F)F)c1. The number of pyridine rings is 1. The summed E-state index contributed by atoms with van der Waals surface area (Å²) in [6.45, 7) is 1.29. The van der Waals surface area contributed by atoms with E-state index in [2.05, 4.69) is 20.5 Å². The fourth-order valence-corrected chi connectivity index (χ4v) is 6.60. The summed E-state index contributed by atoms with van der Waals surface area (Å²) in [7, 11) is 0. The van der Waals surface area contributed by atoms with Crippen molar-refractivity contribution in [1.29, 1.82) is 0 Å². The average Bonchev–Trinajstić information content (AvgIpc) is 3.55. The molecule has 3 N–H and O–H groups in total. The maximum atomic E-state index is 13.0. The van der Waals surface area contributed by atoms with Gasteiger partial charge >= 0.3 is 6.18 Å². The largest absolute Gasteiger partial charge is 0.416 e. The Kier molecular flexibility index (Phi) is 8.72. The molecule has 0 bridgehead atoms. The molecule has 0 spiro atoms.